The van der Waals surface area contributed by atoms with Crippen LogP contribution in [0.1, 0.15) is 24.3 Å². The molecule has 2 rings (SSSR count). The van der Waals surface area contributed by atoms with Crippen LogP contribution in [0.5, 0.6) is 5.75 Å². The molecule has 0 atom stereocenters. The van der Waals surface area contributed by atoms with Gasteiger partial charge in [-0.15, -0.1) is 11.3 Å². The van der Waals surface area contributed by atoms with Gasteiger partial charge in [0, 0.05) is 23.4 Å². The van der Waals surface area contributed by atoms with Crippen molar-refractivity contribution in [2.45, 2.75) is 26.8 Å². The molecule has 1 aromatic carbocycles. The Kier molecular flexibility index (Phi) is 6.21. The molecule has 0 unspecified atom stereocenters. The van der Waals surface area contributed by atoms with E-state index in [4.69, 9.17) is 4.74 Å². The van der Waals surface area contributed by atoms with Crippen LogP contribution in [0.2, 0.25) is 0 Å². The quantitative estimate of drug-likeness (QED) is 0.787. The van der Waals surface area contributed by atoms with Gasteiger partial charge in [0.1, 0.15) is 0 Å². The van der Waals surface area contributed by atoms with Gasteiger partial charge < -0.3 is 10.1 Å². The van der Waals surface area contributed by atoms with E-state index in [2.05, 4.69) is 25.2 Å². The number of ether oxygens (including phenoxy) is 1. The lowest BCUT2D eigenvalue weighted by molar-refractivity contribution is 0.301. The molecule has 0 aliphatic heterocycles. The summed E-state index contributed by atoms with van der Waals surface area (Å²) in [7, 11) is 0. The number of rotatable bonds is 8. The van der Waals surface area contributed by atoms with E-state index >= 15 is 0 Å². The monoisotopic (exact) mass is 307 g/mol. The number of benzene rings is 1. The minimum atomic E-state index is -0.287. The van der Waals surface area contributed by atoms with E-state index < -0.39 is 0 Å². The molecule has 0 aliphatic carbocycles. The van der Waals surface area contributed by atoms with E-state index in [1.54, 1.807) is 17.4 Å². The molecule has 2 nitrogen and oxygen atoms in total. The molecule has 0 spiro atoms. The molecule has 0 fully saturated rings. The first kappa shape index (κ1) is 16.0. The van der Waals surface area contributed by atoms with E-state index in [-0.39, 0.29) is 5.82 Å². The fourth-order valence-corrected chi connectivity index (χ4v) is 2.75. The van der Waals surface area contributed by atoms with Crippen molar-refractivity contribution < 1.29 is 9.13 Å². The topological polar surface area (TPSA) is 21.3 Å². The first-order valence-corrected chi connectivity index (χ1v) is 8.18. The van der Waals surface area contributed by atoms with Gasteiger partial charge in [-0.25, -0.2) is 4.39 Å². The van der Waals surface area contributed by atoms with Gasteiger partial charge >= 0.3 is 0 Å². The second-order valence-corrected chi connectivity index (χ2v) is 6.46. The van der Waals surface area contributed by atoms with Gasteiger partial charge in [-0.1, -0.05) is 32.0 Å². The SMILES string of the molecule is CC(C)CNCc1cccc(F)c1OCCc1cccs1. The Morgan fingerprint density at radius 2 is 2.10 bits per heavy atom. The minimum absolute atomic E-state index is 0.287. The molecular formula is C17H22FNOS. The summed E-state index contributed by atoms with van der Waals surface area (Å²) in [5.74, 6) is 0.664. The van der Waals surface area contributed by atoms with Crippen molar-refractivity contribution in [1.29, 1.82) is 0 Å². The van der Waals surface area contributed by atoms with Gasteiger partial charge in [0.05, 0.1) is 6.61 Å². The third-order valence-corrected chi connectivity index (χ3v) is 4.03. The number of nitrogens with one attached hydrogen (secondary N) is 1. The van der Waals surface area contributed by atoms with Crippen molar-refractivity contribution in [2.75, 3.05) is 13.2 Å². The van der Waals surface area contributed by atoms with Crippen molar-refractivity contribution in [3.8, 4) is 5.75 Å². The summed E-state index contributed by atoms with van der Waals surface area (Å²) in [4.78, 5) is 1.26. The van der Waals surface area contributed by atoms with Crippen LogP contribution in [0, 0.1) is 11.7 Å². The number of hydrogen-bond acceptors (Lipinski definition) is 3. The van der Waals surface area contributed by atoms with Crippen molar-refractivity contribution in [3.63, 3.8) is 0 Å². The fraction of sp³-hybridized carbons (Fsp3) is 0.412. The second-order valence-electron chi connectivity index (χ2n) is 5.43. The van der Waals surface area contributed by atoms with Gasteiger partial charge in [-0.3, -0.25) is 0 Å². The van der Waals surface area contributed by atoms with Crippen molar-refractivity contribution in [1.82, 2.24) is 5.32 Å². The average molecular weight is 307 g/mol. The van der Waals surface area contributed by atoms with Crippen molar-refractivity contribution in [2.24, 2.45) is 5.92 Å². The van der Waals surface area contributed by atoms with E-state index in [0.717, 1.165) is 18.5 Å². The van der Waals surface area contributed by atoms with Crippen LogP contribution in [-0.4, -0.2) is 13.2 Å². The molecular weight excluding hydrogens is 285 g/mol. The Morgan fingerprint density at radius 1 is 1.24 bits per heavy atom. The summed E-state index contributed by atoms with van der Waals surface area (Å²) in [5, 5.41) is 5.37. The molecule has 0 bridgehead atoms. The second kappa shape index (κ2) is 8.15. The maximum atomic E-state index is 14.0. The highest BCUT2D eigenvalue weighted by Gasteiger charge is 2.10. The van der Waals surface area contributed by atoms with Crippen LogP contribution in [0.15, 0.2) is 35.7 Å². The van der Waals surface area contributed by atoms with Crippen LogP contribution in [0.4, 0.5) is 4.39 Å². The van der Waals surface area contributed by atoms with Crippen molar-refractivity contribution in [3.05, 3.63) is 52.0 Å². The normalized spacial score (nSPS) is 11.0. The molecule has 0 saturated heterocycles. The van der Waals surface area contributed by atoms with Gasteiger partial charge in [-0.2, -0.15) is 0 Å². The predicted molar refractivity (Wildman–Crippen MR) is 86.5 cm³/mol. The van der Waals surface area contributed by atoms with Crippen molar-refractivity contribution >= 4 is 11.3 Å². The Balaban J connectivity index is 1.93. The Labute approximate surface area is 130 Å². The van der Waals surface area contributed by atoms with E-state index in [9.17, 15) is 4.39 Å². The molecule has 0 aliphatic rings. The lowest BCUT2D eigenvalue weighted by atomic mass is 10.1. The van der Waals surface area contributed by atoms with E-state index in [1.165, 1.54) is 10.9 Å². The van der Waals surface area contributed by atoms with Crippen LogP contribution >= 0.6 is 11.3 Å². The summed E-state index contributed by atoms with van der Waals surface area (Å²) >= 11 is 1.70. The smallest absolute Gasteiger partial charge is 0.165 e. The Hall–Kier alpha value is -1.39. The number of halogens is 1. The van der Waals surface area contributed by atoms with E-state index in [1.807, 2.05) is 17.5 Å². The van der Waals surface area contributed by atoms with Gasteiger partial charge in [-0.05, 0) is 30.0 Å². The summed E-state index contributed by atoms with van der Waals surface area (Å²) < 4.78 is 19.6. The van der Waals surface area contributed by atoms with Gasteiger partial charge in [0.15, 0.2) is 11.6 Å². The third-order valence-electron chi connectivity index (χ3n) is 3.09. The lowest BCUT2D eigenvalue weighted by Gasteiger charge is -2.13. The number of thiophene rings is 1. The zero-order valence-electron chi connectivity index (χ0n) is 12.6. The molecule has 0 radical (unpaired) electrons. The third kappa shape index (κ3) is 5.14. The predicted octanol–water partition coefficient (Wildman–Crippen LogP) is 4.25. The minimum Gasteiger partial charge on any atom is -0.490 e. The molecule has 1 heterocycles. The van der Waals surface area contributed by atoms with Crippen LogP contribution < -0.4 is 10.1 Å². The van der Waals surface area contributed by atoms with E-state index in [0.29, 0.717) is 24.8 Å². The zero-order chi connectivity index (χ0) is 15.1. The molecule has 1 aromatic heterocycles. The first-order valence-electron chi connectivity index (χ1n) is 7.30. The highest BCUT2D eigenvalue weighted by Crippen LogP contribution is 2.23. The first-order chi connectivity index (χ1) is 10.2. The zero-order valence-corrected chi connectivity index (χ0v) is 13.4. The highest BCUT2D eigenvalue weighted by atomic mass is 32.1. The van der Waals surface area contributed by atoms with Gasteiger partial charge in [0.2, 0.25) is 0 Å². The molecule has 21 heavy (non-hydrogen) atoms. The Bertz CT molecular complexity index is 540. The molecule has 4 heteroatoms. The summed E-state index contributed by atoms with van der Waals surface area (Å²) in [6.45, 7) is 6.34. The maximum absolute atomic E-state index is 14.0. The average Bonchev–Trinajstić information content (AvgIpc) is 2.94. The number of para-hydroxylation sites is 1. The highest BCUT2D eigenvalue weighted by molar-refractivity contribution is 7.09. The van der Waals surface area contributed by atoms with Crippen LogP contribution in [0.25, 0.3) is 0 Å². The summed E-state index contributed by atoms with van der Waals surface area (Å²) in [6.07, 6.45) is 0.810. The Morgan fingerprint density at radius 3 is 2.81 bits per heavy atom. The van der Waals surface area contributed by atoms with Gasteiger partial charge in [0.25, 0.3) is 0 Å². The molecule has 0 saturated carbocycles. The largest absolute Gasteiger partial charge is 0.490 e. The van der Waals surface area contributed by atoms with Crippen LogP contribution in [0.3, 0.4) is 0 Å². The molecule has 2 aromatic rings. The number of hydrogen-bond donors (Lipinski definition) is 1. The fourth-order valence-electron chi connectivity index (χ4n) is 2.06. The summed E-state index contributed by atoms with van der Waals surface area (Å²) in [6, 6.07) is 9.18. The summed E-state index contributed by atoms with van der Waals surface area (Å²) in [5.41, 5.74) is 0.877. The van der Waals surface area contributed by atoms with Crippen LogP contribution in [-0.2, 0) is 13.0 Å². The molecule has 0 amide bonds. The maximum Gasteiger partial charge on any atom is 0.165 e. The lowest BCUT2D eigenvalue weighted by Crippen LogP contribution is -2.19. The standard InChI is InChI=1S/C17H22FNOS/c1-13(2)11-19-12-14-5-3-7-16(18)17(14)20-9-8-15-6-4-10-21-15/h3-7,10,13,19H,8-9,11-12H2,1-2H3. The molecule has 114 valence electrons. The molecule has 1 N–H and O–H groups in total.